The molecule has 2 aromatic rings. The van der Waals surface area contributed by atoms with E-state index in [0.717, 1.165) is 25.3 Å². The number of nitrogens with one attached hydrogen (secondary N) is 1. The van der Waals surface area contributed by atoms with Crippen molar-refractivity contribution in [2.75, 3.05) is 38.0 Å². The van der Waals surface area contributed by atoms with E-state index in [-0.39, 0.29) is 10.6 Å². The maximum atomic E-state index is 12.8. The molecule has 27 heavy (non-hydrogen) atoms. The van der Waals surface area contributed by atoms with E-state index >= 15 is 0 Å². The molecule has 1 aliphatic rings. The number of rotatable bonds is 5. The number of nitrogens with zero attached hydrogens (tertiary/aromatic N) is 4. The fourth-order valence-electron chi connectivity index (χ4n) is 2.85. The van der Waals surface area contributed by atoms with Crippen LogP contribution in [0.15, 0.2) is 41.6 Å². The van der Waals surface area contributed by atoms with Crippen molar-refractivity contribution in [1.29, 1.82) is 0 Å². The van der Waals surface area contributed by atoms with Crippen molar-refractivity contribution in [2.24, 2.45) is 0 Å². The van der Waals surface area contributed by atoms with E-state index in [1.807, 2.05) is 0 Å². The highest BCUT2D eigenvalue weighted by Gasteiger charge is 2.27. The van der Waals surface area contributed by atoms with Crippen LogP contribution in [0.4, 0.5) is 5.69 Å². The number of hydrogen-bond donors (Lipinski definition) is 1. The summed E-state index contributed by atoms with van der Waals surface area (Å²) in [7, 11) is -3.52. The van der Waals surface area contributed by atoms with Crippen molar-refractivity contribution in [3.8, 4) is 0 Å². The average Bonchev–Trinajstić information content (AvgIpc) is 2.69. The first kappa shape index (κ1) is 19.4. The Kier molecular flexibility index (Phi) is 5.83. The lowest BCUT2D eigenvalue weighted by molar-refractivity contribution is 0.102. The number of aryl methyl sites for hydroxylation is 1. The average molecular weight is 389 g/mol. The number of hydrogen-bond acceptors (Lipinski definition) is 6. The van der Waals surface area contributed by atoms with Crippen LogP contribution in [0.1, 0.15) is 23.1 Å². The molecule has 0 bridgehead atoms. The number of likely N-dealkylation sites (N-methyl/N-ethyl adjacent to an activating group) is 1. The Bertz CT molecular complexity index is 890. The lowest BCUT2D eigenvalue weighted by atomic mass is 10.3. The molecule has 0 aliphatic carbocycles. The largest absolute Gasteiger partial charge is 0.321 e. The molecule has 3 rings (SSSR count). The third-order valence-electron chi connectivity index (χ3n) is 4.54. The molecule has 1 saturated heterocycles. The van der Waals surface area contributed by atoms with Gasteiger partial charge in [0.25, 0.3) is 5.91 Å². The van der Waals surface area contributed by atoms with Crippen LogP contribution in [-0.4, -0.2) is 66.2 Å². The molecule has 0 saturated carbocycles. The van der Waals surface area contributed by atoms with Gasteiger partial charge in [0.1, 0.15) is 5.69 Å². The van der Waals surface area contributed by atoms with E-state index in [0.29, 0.717) is 18.8 Å². The molecule has 1 amide bonds. The van der Waals surface area contributed by atoms with Crippen molar-refractivity contribution in [3.63, 3.8) is 0 Å². The van der Waals surface area contributed by atoms with E-state index in [4.69, 9.17) is 0 Å². The summed E-state index contributed by atoms with van der Waals surface area (Å²) >= 11 is 0. The second kappa shape index (κ2) is 8.12. The molecule has 1 aromatic carbocycles. The zero-order valence-electron chi connectivity index (χ0n) is 15.4. The first-order valence-corrected chi connectivity index (χ1v) is 10.3. The molecule has 0 atom stereocenters. The summed E-state index contributed by atoms with van der Waals surface area (Å²) in [6.07, 6.45) is 2.92. The molecule has 1 aromatic heterocycles. The summed E-state index contributed by atoms with van der Waals surface area (Å²) in [6.45, 7) is 7.23. The van der Waals surface area contributed by atoms with Crippen LogP contribution in [0.25, 0.3) is 0 Å². The molecular formula is C18H23N5O3S. The Balaban J connectivity index is 1.67. The predicted octanol–water partition coefficient (Wildman–Crippen LogP) is 1.36. The summed E-state index contributed by atoms with van der Waals surface area (Å²) in [5.41, 5.74) is 1.42. The Labute approximate surface area is 159 Å². The van der Waals surface area contributed by atoms with Gasteiger partial charge < -0.3 is 10.2 Å². The van der Waals surface area contributed by atoms with Gasteiger partial charge in [0, 0.05) is 38.1 Å². The third-order valence-corrected chi connectivity index (χ3v) is 6.45. The maximum Gasteiger partial charge on any atom is 0.275 e. The van der Waals surface area contributed by atoms with Gasteiger partial charge in [-0.1, -0.05) is 6.92 Å². The second-order valence-corrected chi connectivity index (χ2v) is 8.30. The molecular weight excluding hydrogens is 366 g/mol. The summed E-state index contributed by atoms with van der Waals surface area (Å²) in [5.74, 6) is -0.395. The fourth-order valence-corrected chi connectivity index (χ4v) is 4.27. The number of carbonyl (C=O) groups excluding carboxylic acids is 1. The predicted molar refractivity (Wildman–Crippen MR) is 102 cm³/mol. The number of amides is 1. The molecule has 9 heteroatoms. The molecule has 0 radical (unpaired) electrons. The Morgan fingerprint density at radius 3 is 2.30 bits per heavy atom. The van der Waals surface area contributed by atoms with Crippen molar-refractivity contribution >= 4 is 21.6 Å². The van der Waals surface area contributed by atoms with Gasteiger partial charge in [-0.15, -0.1) is 0 Å². The summed E-state index contributed by atoms with van der Waals surface area (Å²) < 4.78 is 27.1. The van der Waals surface area contributed by atoms with E-state index in [2.05, 4.69) is 27.1 Å². The van der Waals surface area contributed by atoms with Crippen molar-refractivity contribution in [3.05, 3.63) is 48.0 Å². The Morgan fingerprint density at radius 1 is 1.07 bits per heavy atom. The van der Waals surface area contributed by atoms with Gasteiger partial charge in [0.05, 0.1) is 16.8 Å². The maximum absolute atomic E-state index is 12.8. The monoisotopic (exact) mass is 389 g/mol. The van der Waals surface area contributed by atoms with Gasteiger partial charge in [0.15, 0.2) is 0 Å². The van der Waals surface area contributed by atoms with Gasteiger partial charge in [-0.3, -0.25) is 9.78 Å². The molecule has 0 unspecified atom stereocenters. The van der Waals surface area contributed by atoms with Crippen LogP contribution in [0.5, 0.6) is 0 Å². The smallest absolute Gasteiger partial charge is 0.275 e. The summed E-state index contributed by atoms with van der Waals surface area (Å²) in [4.78, 5) is 22.7. The van der Waals surface area contributed by atoms with Crippen LogP contribution in [0, 0.1) is 6.92 Å². The second-order valence-electron chi connectivity index (χ2n) is 6.36. The molecule has 1 fully saturated rings. The third kappa shape index (κ3) is 4.49. The minimum atomic E-state index is -3.52. The minimum Gasteiger partial charge on any atom is -0.321 e. The fraction of sp³-hybridized carbons (Fsp3) is 0.389. The van der Waals surface area contributed by atoms with Gasteiger partial charge in [-0.2, -0.15) is 4.31 Å². The lowest BCUT2D eigenvalue weighted by Gasteiger charge is -2.33. The standard InChI is InChI=1S/C18H23N5O3S/c1-3-22-8-10-23(11-9-22)27(25,26)16-6-4-15(5-7-16)21-18(24)17-13-19-14(2)12-20-17/h4-7,12-13H,3,8-11H2,1-2H3,(H,21,24). The number of benzene rings is 1. The molecule has 1 N–H and O–H groups in total. The highest BCUT2D eigenvalue weighted by Crippen LogP contribution is 2.20. The minimum absolute atomic E-state index is 0.200. The van der Waals surface area contributed by atoms with Crippen molar-refractivity contribution in [1.82, 2.24) is 19.2 Å². The first-order valence-electron chi connectivity index (χ1n) is 8.82. The van der Waals surface area contributed by atoms with Crippen LogP contribution >= 0.6 is 0 Å². The first-order chi connectivity index (χ1) is 12.9. The normalized spacial score (nSPS) is 16.2. The number of carbonyl (C=O) groups is 1. The number of sulfonamides is 1. The topological polar surface area (TPSA) is 95.5 Å². The molecule has 144 valence electrons. The van der Waals surface area contributed by atoms with E-state index in [1.165, 1.54) is 28.8 Å². The van der Waals surface area contributed by atoms with Crippen LogP contribution in [-0.2, 0) is 10.0 Å². The highest BCUT2D eigenvalue weighted by molar-refractivity contribution is 7.89. The van der Waals surface area contributed by atoms with Crippen LogP contribution in [0.3, 0.4) is 0 Å². The Morgan fingerprint density at radius 2 is 1.74 bits per heavy atom. The van der Waals surface area contributed by atoms with Gasteiger partial charge >= 0.3 is 0 Å². The van der Waals surface area contributed by atoms with Crippen LogP contribution < -0.4 is 5.32 Å². The number of aromatic nitrogens is 2. The van der Waals surface area contributed by atoms with Crippen LogP contribution in [0.2, 0.25) is 0 Å². The van der Waals surface area contributed by atoms with Crippen molar-refractivity contribution in [2.45, 2.75) is 18.7 Å². The molecule has 1 aliphatic heterocycles. The summed E-state index contributed by atoms with van der Waals surface area (Å²) in [5, 5.41) is 2.69. The van der Waals surface area contributed by atoms with Gasteiger partial charge in [0.2, 0.25) is 10.0 Å². The summed E-state index contributed by atoms with van der Waals surface area (Å²) in [6, 6.07) is 6.18. The van der Waals surface area contributed by atoms with E-state index in [9.17, 15) is 13.2 Å². The molecule has 8 nitrogen and oxygen atoms in total. The SMILES string of the molecule is CCN1CCN(S(=O)(=O)c2ccc(NC(=O)c3cnc(C)cn3)cc2)CC1. The van der Waals surface area contributed by atoms with E-state index < -0.39 is 15.9 Å². The zero-order chi connectivity index (χ0) is 19.4. The van der Waals surface area contributed by atoms with Gasteiger partial charge in [-0.25, -0.2) is 13.4 Å². The number of piperazine rings is 1. The lowest BCUT2D eigenvalue weighted by Crippen LogP contribution is -2.48. The number of anilines is 1. The zero-order valence-corrected chi connectivity index (χ0v) is 16.2. The van der Waals surface area contributed by atoms with Gasteiger partial charge in [-0.05, 0) is 37.7 Å². The highest BCUT2D eigenvalue weighted by atomic mass is 32.2. The quantitative estimate of drug-likeness (QED) is 0.830. The van der Waals surface area contributed by atoms with Crippen molar-refractivity contribution < 1.29 is 13.2 Å². The Hall–Kier alpha value is -2.36. The molecule has 2 heterocycles. The van der Waals surface area contributed by atoms with E-state index in [1.54, 1.807) is 19.1 Å². The molecule has 0 spiro atoms.